The zero-order valence-electron chi connectivity index (χ0n) is 18.7. The van der Waals surface area contributed by atoms with Crippen LogP contribution < -0.4 is 5.32 Å². The zero-order valence-corrected chi connectivity index (χ0v) is 19.5. The largest absolute Gasteiger partial charge is 0.332 e. The number of urea groups is 1. The van der Waals surface area contributed by atoms with Crippen LogP contribution in [0.5, 0.6) is 0 Å². The molecule has 1 N–H and O–H groups in total. The van der Waals surface area contributed by atoms with Gasteiger partial charge >= 0.3 is 6.03 Å². The van der Waals surface area contributed by atoms with Crippen LogP contribution in [0.4, 0.5) is 10.5 Å². The van der Waals surface area contributed by atoms with Crippen LogP contribution in [0.25, 0.3) is 16.4 Å². The topological polar surface area (TPSA) is 83.4 Å². The van der Waals surface area contributed by atoms with Crippen molar-refractivity contribution in [2.45, 2.75) is 6.92 Å². The first kappa shape index (κ1) is 21.8. The molecule has 2 aromatic carbocycles. The number of carbonyl (C=O) groups is 2. The van der Waals surface area contributed by atoms with Gasteiger partial charge in [-0.3, -0.25) is 4.79 Å². The number of thiophene rings is 1. The van der Waals surface area contributed by atoms with Gasteiger partial charge in [0.05, 0.1) is 10.6 Å². The maximum Gasteiger partial charge on any atom is 0.321 e. The molecule has 0 atom stereocenters. The van der Waals surface area contributed by atoms with Crippen LogP contribution in [0.15, 0.2) is 72.1 Å². The second-order valence-corrected chi connectivity index (χ2v) is 9.01. The summed E-state index contributed by atoms with van der Waals surface area (Å²) in [6.45, 7) is 3.72. The van der Waals surface area contributed by atoms with Gasteiger partial charge in [-0.25, -0.2) is 14.5 Å². The van der Waals surface area contributed by atoms with Crippen LogP contribution in [-0.2, 0) is 0 Å². The summed E-state index contributed by atoms with van der Waals surface area (Å²) in [5.74, 6) is 0.567. The molecule has 3 amide bonds. The molecule has 1 fully saturated rings. The Hall–Kier alpha value is -3.98. The number of benzene rings is 2. The van der Waals surface area contributed by atoms with Gasteiger partial charge in [0.15, 0.2) is 5.82 Å². The first-order valence-electron chi connectivity index (χ1n) is 11.1. The Morgan fingerprint density at radius 2 is 1.68 bits per heavy atom. The number of aromatic nitrogens is 3. The van der Waals surface area contributed by atoms with E-state index >= 15 is 0 Å². The lowest BCUT2D eigenvalue weighted by molar-refractivity contribution is 0.0659. The summed E-state index contributed by atoms with van der Waals surface area (Å²) in [7, 11) is 0. The number of hydrogen-bond acceptors (Lipinski definition) is 5. The number of piperazine rings is 1. The average molecular weight is 473 g/mol. The predicted molar refractivity (Wildman–Crippen MR) is 132 cm³/mol. The summed E-state index contributed by atoms with van der Waals surface area (Å²) >= 11 is 1.55. The fourth-order valence-corrected chi connectivity index (χ4v) is 4.59. The van der Waals surface area contributed by atoms with Gasteiger partial charge in [0.25, 0.3) is 5.91 Å². The Labute approximate surface area is 201 Å². The third-order valence-electron chi connectivity index (χ3n) is 5.66. The van der Waals surface area contributed by atoms with Crippen LogP contribution >= 0.6 is 11.3 Å². The highest BCUT2D eigenvalue weighted by Crippen LogP contribution is 2.26. The van der Waals surface area contributed by atoms with E-state index in [1.165, 1.54) is 0 Å². The highest BCUT2D eigenvalue weighted by atomic mass is 32.1. The third kappa shape index (κ3) is 4.55. The van der Waals surface area contributed by atoms with Crippen molar-refractivity contribution in [3.8, 4) is 16.4 Å². The summed E-state index contributed by atoms with van der Waals surface area (Å²) in [6.07, 6.45) is 0. The minimum Gasteiger partial charge on any atom is -0.332 e. The molecule has 1 saturated heterocycles. The number of aryl methyl sites for hydroxylation is 1. The average Bonchev–Trinajstić information content (AvgIpc) is 3.54. The van der Waals surface area contributed by atoms with Gasteiger partial charge < -0.3 is 15.1 Å². The molecule has 0 aliphatic carbocycles. The number of rotatable bonds is 4. The molecular formula is C25H24N6O2S. The summed E-state index contributed by atoms with van der Waals surface area (Å²) in [5.41, 5.74) is 2.69. The number of amides is 3. The quantitative estimate of drug-likeness (QED) is 0.480. The lowest BCUT2D eigenvalue weighted by Gasteiger charge is -2.34. The van der Waals surface area contributed by atoms with Gasteiger partial charge in [-0.15, -0.1) is 16.4 Å². The minimum atomic E-state index is -0.230. The van der Waals surface area contributed by atoms with Gasteiger partial charge in [0.1, 0.15) is 0 Å². The van der Waals surface area contributed by atoms with Gasteiger partial charge in [0.2, 0.25) is 5.82 Å². The minimum absolute atomic E-state index is 0.157. The van der Waals surface area contributed by atoms with Gasteiger partial charge in [-0.05, 0) is 48.2 Å². The second kappa shape index (κ2) is 9.48. The van der Waals surface area contributed by atoms with Crippen LogP contribution in [-0.4, -0.2) is 62.7 Å². The molecule has 9 heteroatoms. The van der Waals surface area contributed by atoms with E-state index in [0.717, 1.165) is 21.8 Å². The van der Waals surface area contributed by atoms with E-state index in [9.17, 15) is 9.59 Å². The lowest BCUT2D eigenvalue weighted by atomic mass is 10.2. The van der Waals surface area contributed by atoms with Crippen LogP contribution in [0.3, 0.4) is 0 Å². The number of carbonyl (C=O) groups excluding carboxylic acids is 2. The van der Waals surface area contributed by atoms with E-state index in [4.69, 9.17) is 0 Å². The third-order valence-corrected chi connectivity index (χ3v) is 6.53. The molecule has 0 saturated carbocycles. The Balaban J connectivity index is 1.29. The molecule has 3 heterocycles. The lowest BCUT2D eigenvalue weighted by Crippen LogP contribution is -2.51. The predicted octanol–water partition coefficient (Wildman–Crippen LogP) is 4.29. The first-order chi connectivity index (χ1) is 16.6. The van der Waals surface area contributed by atoms with Gasteiger partial charge in [-0.2, -0.15) is 0 Å². The van der Waals surface area contributed by atoms with Crippen molar-refractivity contribution in [3.63, 3.8) is 0 Å². The zero-order chi connectivity index (χ0) is 23.5. The van der Waals surface area contributed by atoms with Crippen molar-refractivity contribution >= 4 is 29.0 Å². The van der Waals surface area contributed by atoms with Crippen molar-refractivity contribution in [1.29, 1.82) is 0 Å². The van der Waals surface area contributed by atoms with Crippen molar-refractivity contribution in [2.24, 2.45) is 0 Å². The number of para-hydroxylation sites is 1. The van der Waals surface area contributed by atoms with E-state index in [0.29, 0.717) is 32.0 Å². The SMILES string of the molecule is Cc1cccc(NC(=O)N2CCN(C(=O)c3nc(-c4cccs4)n(-c4ccccc4)n3)CC2)c1. The summed E-state index contributed by atoms with van der Waals surface area (Å²) in [6, 6.07) is 21.1. The normalized spacial score (nSPS) is 13.7. The molecular weight excluding hydrogens is 448 g/mol. The molecule has 0 bridgehead atoms. The molecule has 172 valence electrons. The van der Waals surface area contributed by atoms with Crippen molar-refractivity contribution in [3.05, 3.63) is 83.5 Å². The van der Waals surface area contributed by atoms with Crippen LogP contribution in [0, 0.1) is 6.92 Å². The number of nitrogens with one attached hydrogen (secondary N) is 1. The molecule has 4 aromatic rings. The van der Waals surface area contributed by atoms with Crippen LogP contribution in [0.1, 0.15) is 16.2 Å². The molecule has 1 aliphatic rings. The molecule has 2 aromatic heterocycles. The Bertz CT molecular complexity index is 1290. The van der Waals surface area contributed by atoms with E-state index in [-0.39, 0.29) is 17.8 Å². The van der Waals surface area contributed by atoms with Crippen molar-refractivity contribution in [2.75, 3.05) is 31.5 Å². The molecule has 0 spiro atoms. The fraction of sp³-hybridized carbons (Fsp3) is 0.200. The fourth-order valence-electron chi connectivity index (χ4n) is 3.90. The summed E-state index contributed by atoms with van der Waals surface area (Å²) < 4.78 is 1.71. The van der Waals surface area contributed by atoms with Gasteiger partial charge in [-0.1, -0.05) is 36.4 Å². The van der Waals surface area contributed by atoms with E-state index < -0.39 is 0 Å². The molecule has 0 unspecified atom stereocenters. The molecule has 5 rings (SSSR count). The highest BCUT2D eigenvalue weighted by molar-refractivity contribution is 7.13. The van der Waals surface area contributed by atoms with Crippen LogP contribution in [0.2, 0.25) is 0 Å². The number of anilines is 1. The maximum atomic E-state index is 13.2. The Morgan fingerprint density at radius 3 is 2.38 bits per heavy atom. The van der Waals surface area contributed by atoms with E-state index in [1.807, 2.05) is 79.0 Å². The van der Waals surface area contributed by atoms with Crippen molar-refractivity contribution < 1.29 is 9.59 Å². The molecule has 34 heavy (non-hydrogen) atoms. The highest BCUT2D eigenvalue weighted by Gasteiger charge is 2.28. The smallest absolute Gasteiger partial charge is 0.321 e. The van der Waals surface area contributed by atoms with E-state index in [1.54, 1.807) is 25.8 Å². The molecule has 1 aliphatic heterocycles. The summed E-state index contributed by atoms with van der Waals surface area (Å²) in [4.78, 5) is 34.9. The Morgan fingerprint density at radius 1 is 0.912 bits per heavy atom. The Kier molecular flexibility index (Phi) is 6.09. The monoisotopic (exact) mass is 472 g/mol. The number of hydrogen-bond donors (Lipinski definition) is 1. The maximum absolute atomic E-state index is 13.2. The second-order valence-electron chi connectivity index (χ2n) is 8.06. The number of nitrogens with zero attached hydrogens (tertiary/aromatic N) is 5. The molecule has 0 radical (unpaired) electrons. The standard InChI is InChI=1S/C25H24N6O2S/c1-18-7-5-8-19(17-18)26-25(33)30-14-12-29(13-15-30)24(32)22-27-23(21-11-6-16-34-21)31(28-22)20-9-3-2-4-10-20/h2-11,16-17H,12-15H2,1H3,(H,26,33). The van der Waals surface area contributed by atoms with Crippen molar-refractivity contribution in [1.82, 2.24) is 24.6 Å². The molecule has 8 nitrogen and oxygen atoms in total. The summed E-state index contributed by atoms with van der Waals surface area (Å²) in [5, 5.41) is 9.46. The van der Waals surface area contributed by atoms with E-state index in [2.05, 4.69) is 15.4 Å². The van der Waals surface area contributed by atoms with Gasteiger partial charge in [0, 0.05) is 31.9 Å². The first-order valence-corrected chi connectivity index (χ1v) is 11.9.